The van der Waals surface area contributed by atoms with Crippen LogP contribution in [0.1, 0.15) is 0 Å². The van der Waals surface area contributed by atoms with Gasteiger partial charge in [0.05, 0.1) is 6.54 Å². The van der Waals surface area contributed by atoms with Crippen molar-refractivity contribution in [2.75, 3.05) is 11.9 Å². The van der Waals surface area contributed by atoms with Gasteiger partial charge in [-0.2, -0.15) is 4.80 Å². The van der Waals surface area contributed by atoms with Crippen LogP contribution in [-0.2, 0) is 6.54 Å². The molecule has 0 aliphatic heterocycles. The molecule has 0 radical (unpaired) electrons. The number of tetrazole rings is 1. The van der Waals surface area contributed by atoms with Crippen LogP contribution in [0.4, 0.5) is 5.13 Å². The molecule has 13 heavy (non-hydrogen) atoms. The Morgan fingerprint density at radius 2 is 2.46 bits per heavy atom. The summed E-state index contributed by atoms with van der Waals surface area (Å²) in [7, 11) is 0. The Balaban J connectivity index is 1.76. The Morgan fingerprint density at radius 1 is 1.46 bits per heavy atom. The largest absolute Gasteiger partial charge is 0.358 e. The zero-order valence-electron chi connectivity index (χ0n) is 6.66. The molecule has 1 N–H and O–H groups in total. The highest BCUT2D eigenvalue weighted by Gasteiger charge is 1.95. The summed E-state index contributed by atoms with van der Waals surface area (Å²) in [4.78, 5) is 1.51. The van der Waals surface area contributed by atoms with Crippen LogP contribution in [0.15, 0.2) is 11.8 Å². The zero-order chi connectivity index (χ0) is 8.93. The lowest BCUT2D eigenvalue weighted by atomic mass is 10.6. The Morgan fingerprint density at radius 3 is 3.15 bits per heavy atom. The molecule has 2 aromatic rings. The maximum absolute atomic E-state index is 3.86. The topological polar surface area (TPSA) is 81.4 Å². The molecular weight excluding hydrogens is 190 g/mol. The summed E-state index contributed by atoms with van der Waals surface area (Å²) in [6.45, 7) is 1.38. The van der Waals surface area contributed by atoms with Gasteiger partial charge < -0.3 is 5.32 Å². The monoisotopic (exact) mass is 197 g/mol. The number of nitrogens with one attached hydrogen (secondary N) is 1. The predicted octanol–water partition coefficient (Wildman–Crippen LogP) is -0.363. The highest BCUT2D eigenvalue weighted by atomic mass is 32.1. The minimum atomic E-state index is 0.666. The van der Waals surface area contributed by atoms with Gasteiger partial charge in [-0.1, -0.05) is 11.3 Å². The van der Waals surface area contributed by atoms with Crippen molar-refractivity contribution in [1.29, 1.82) is 0 Å². The first-order valence-corrected chi connectivity index (χ1v) is 4.54. The first kappa shape index (κ1) is 8.05. The first-order chi connectivity index (χ1) is 6.45. The fraction of sp³-hybridized carbons (Fsp3) is 0.400. The van der Waals surface area contributed by atoms with Crippen LogP contribution in [0.5, 0.6) is 0 Å². The van der Waals surface area contributed by atoms with Crippen molar-refractivity contribution in [3.05, 3.63) is 11.8 Å². The lowest BCUT2D eigenvalue weighted by Gasteiger charge is -1.99. The summed E-state index contributed by atoms with van der Waals surface area (Å²) < 4.78 is 0. The number of anilines is 1. The van der Waals surface area contributed by atoms with Crippen molar-refractivity contribution in [2.24, 2.45) is 0 Å². The standard InChI is InChI=1S/C5H7N7S/c1(2-12-9-3-7-11-12)6-5-10-8-4-13-5/h3-4H,1-2H2,(H,6,10). The number of nitrogens with zero attached hydrogens (tertiary/aromatic N) is 6. The maximum atomic E-state index is 3.86. The average molecular weight is 197 g/mol. The van der Waals surface area contributed by atoms with Crippen molar-refractivity contribution >= 4 is 16.5 Å². The molecule has 68 valence electrons. The molecule has 0 saturated carbocycles. The van der Waals surface area contributed by atoms with E-state index in [2.05, 4.69) is 30.9 Å². The van der Waals surface area contributed by atoms with E-state index in [1.165, 1.54) is 22.5 Å². The third kappa shape index (κ3) is 2.18. The van der Waals surface area contributed by atoms with Crippen molar-refractivity contribution in [3.8, 4) is 0 Å². The minimum Gasteiger partial charge on any atom is -0.358 e. The first-order valence-electron chi connectivity index (χ1n) is 3.66. The second-order valence-electron chi connectivity index (χ2n) is 2.20. The molecule has 2 rings (SSSR count). The zero-order valence-corrected chi connectivity index (χ0v) is 7.48. The molecule has 0 aromatic carbocycles. The Bertz CT molecular complexity index is 293. The van der Waals surface area contributed by atoms with Crippen LogP contribution in [-0.4, -0.2) is 36.9 Å². The van der Waals surface area contributed by atoms with Gasteiger partial charge in [0.15, 0.2) is 6.33 Å². The summed E-state index contributed by atoms with van der Waals surface area (Å²) >= 11 is 1.46. The number of rotatable bonds is 4. The predicted molar refractivity (Wildman–Crippen MR) is 46.2 cm³/mol. The second-order valence-corrected chi connectivity index (χ2v) is 3.04. The van der Waals surface area contributed by atoms with Crippen molar-refractivity contribution in [1.82, 2.24) is 30.4 Å². The molecule has 0 unspecified atom stereocenters. The molecule has 0 spiro atoms. The van der Waals surface area contributed by atoms with Gasteiger partial charge in [0.25, 0.3) is 0 Å². The quantitative estimate of drug-likeness (QED) is 0.720. The number of hydrogen-bond acceptors (Lipinski definition) is 7. The number of aromatic nitrogens is 6. The molecule has 8 heteroatoms. The lowest BCUT2D eigenvalue weighted by molar-refractivity contribution is 0.538. The minimum absolute atomic E-state index is 0.666. The van der Waals surface area contributed by atoms with Crippen LogP contribution in [0.3, 0.4) is 0 Å². The van der Waals surface area contributed by atoms with Gasteiger partial charge in [-0.3, -0.25) is 0 Å². The van der Waals surface area contributed by atoms with Gasteiger partial charge in [-0.25, -0.2) is 0 Å². The summed E-state index contributed by atoms with van der Waals surface area (Å²) in [5, 5.41) is 22.6. The molecule has 7 nitrogen and oxygen atoms in total. The van der Waals surface area contributed by atoms with Crippen LogP contribution in [0.2, 0.25) is 0 Å². The smallest absolute Gasteiger partial charge is 0.205 e. The SMILES string of the molecule is c1nnn(CCNc2nncs2)n1. The van der Waals surface area contributed by atoms with E-state index in [9.17, 15) is 0 Å². The molecule has 0 saturated heterocycles. The van der Waals surface area contributed by atoms with E-state index in [1.807, 2.05) is 0 Å². The van der Waals surface area contributed by atoms with Gasteiger partial charge in [-0.15, -0.1) is 20.4 Å². The van der Waals surface area contributed by atoms with Gasteiger partial charge in [0.2, 0.25) is 5.13 Å². The van der Waals surface area contributed by atoms with E-state index >= 15 is 0 Å². The molecule has 0 amide bonds. The normalized spacial score (nSPS) is 10.2. The van der Waals surface area contributed by atoms with Gasteiger partial charge in [0, 0.05) is 6.54 Å². The maximum Gasteiger partial charge on any atom is 0.205 e. The average Bonchev–Trinajstić information content (AvgIpc) is 2.75. The van der Waals surface area contributed by atoms with E-state index in [0.717, 1.165) is 5.13 Å². The van der Waals surface area contributed by atoms with Crippen molar-refractivity contribution in [3.63, 3.8) is 0 Å². The van der Waals surface area contributed by atoms with Crippen LogP contribution in [0, 0.1) is 0 Å². The molecule has 0 aliphatic carbocycles. The third-order valence-corrected chi connectivity index (χ3v) is 1.99. The van der Waals surface area contributed by atoms with Crippen LogP contribution >= 0.6 is 11.3 Å². The molecule has 0 fully saturated rings. The Hall–Kier alpha value is -1.57. The van der Waals surface area contributed by atoms with Crippen LogP contribution in [0.25, 0.3) is 0 Å². The molecule has 0 aliphatic rings. The molecule has 2 heterocycles. The summed E-state index contributed by atoms with van der Waals surface area (Å²) in [5.74, 6) is 0. The molecular formula is C5H7N7S. The van der Waals surface area contributed by atoms with Gasteiger partial charge in [0.1, 0.15) is 5.51 Å². The van der Waals surface area contributed by atoms with Crippen molar-refractivity contribution < 1.29 is 0 Å². The Kier molecular flexibility index (Phi) is 2.41. The lowest BCUT2D eigenvalue weighted by Crippen LogP contribution is -2.12. The number of hydrogen-bond donors (Lipinski definition) is 1. The van der Waals surface area contributed by atoms with Crippen molar-refractivity contribution in [2.45, 2.75) is 6.54 Å². The van der Waals surface area contributed by atoms with E-state index in [1.54, 1.807) is 5.51 Å². The molecule has 0 atom stereocenters. The van der Waals surface area contributed by atoms with E-state index in [-0.39, 0.29) is 0 Å². The van der Waals surface area contributed by atoms with Gasteiger partial charge >= 0.3 is 0 Å². The fourth-order valence-corrected chi connectivity index (χ4v) is 1.28. The van der Waals surface area contributed by atoms with E-state index < -0.39 is 0 Å². The van der Waals surface area contributed by atoms with E-state index in [0.29, 0.717) is 13.1 Å². The summed E-state index contributed by atoms with van der Waals surface area (Å²) in [6, 6.07) is 0. The molecule has 0 bridgehead atoms. The fourth-order valence-electron chi connectivity index (χ4n) is 0.804. The highest BCUT2D eigenvalue weighted by Crippen LogP contribution is 2.06. The second kappa shape index (κ2) is 3.90. The van der Waals surface area contributed by atoms with Crippen LogP contribution < -0.4 is 5.32 Å². The van der Waals surface area contributed by atoms with E-state index in [4.69, 9.17) is 0 Å². The van der Waals surface area contributed by atoms with Gasteiger partial charge in [-0.05, 0) is 5.21 Å². The highest BCUT2D eigenvalue weighted by molar-refractivity contribution is 7.13. The summed E-state index contributed by atoms with van der Waals surface area (Å²) in [6.07, 6.45) is 1.41. The Labute approximate surface area is 77.8 Å². The summed E-state index contributed by atoms with van der Waals surface area (Å²) in [5.41, 5.74) is 1.68. The third-order valence-electron chi connectivity index (χ3n) is 1.34. The molecule has 2 aromatic heterocycles.